The molecular weight excluding hydrogens is 979 g/mol. The molecule has 7 aliphatic rings. The summed E-state index contributed by atoms with van der Waals surface area (Å²) in [6.07, 6.45) is 4.86. The minimum Gasteiger partial charge on any atom is -0.444 e. The fraction of sp³-hybridized carbons (Fsp3) is 0.984. The van der Waals surface area contributed by atoms with Crippen LogP contribution in [0.4, 0.5) is 4.79 Å². The van der Waals surface area contributed by atoms with E-state index in [0.717, 1.165) is 124 Å². The lowest BCUT2D eigenvalue weighted by Crippen LogP contribution is -2.55. The van der Waals surface area contributed by atoms with E-state index >= 15 is 0 Å². The molecule has 3 atom stereocenters. The predicted molar refractivity (Wildman–Crippen MR) is 332 cm³/mol. The average molecular weight is 1110 g/mol. The minimum atomic E-state index is -0.405. The van der Waals surface area contributed by atoms with E-state index in [1.807, 2.05) is 20.8 Å². The smallest absolute Gasteiger partial charge is 0.410 e. The van der Waals surface area contributed by atoms with E-state index < -0.39 is 5.60 Å². The number of carbonyl (C=O) groups excluding carboxylic acids is 1. The number of hydrogen-bond donors (Lipinski definition) is 1. The normalized spacial score (nSPS) is 25.1. The van der Waals surface area contributed by atoms with Crippen LogP contribution in [0.15, 0.2) is 0 Å². The molecule has 7 rings (SSSR count). The molecule has 1 amide bonds. The summed E-state index contributed by atoms with van der Waals surface area (Å²) < 4.78 is 27.0. The molecule has 0 saturated carbocycles. The zero-order chi connectivity index (χ0) is 59.7. The molecular formula is C63H133N9O6. The van der Waals surface area contributed by atoms with E-state index in [1.54, 1.807) is 4.90 Å². The van der Waals surface area contributed by atoms with Crippen LogP contribution >= 0.6 is 0 Å². The number of morpholine rings is 4. The van der Waals surface area contributed by atoms with Crippen molar-refractivity contribution in [2.75, 3.05) is 144 Å². The van der Waals surface area contributed by atoms with Gasteiger partial charge in [-0.15, -0.1) is 0 Å². The van der Waals surface area contributed by atoms with Crippen LogP contribution in [0.2, 0.25) is 0 Å². The maximum atomic E-state index is 11.9. The molecule has 0 aromatic rings. The quantitative estimate of drug-likeness (QED) is 0.289. The summed E-state index contributed by atoms with van der Waals surface area (Å²) in [7, 11) is 0. The lowest BCUT2D eigenvalue weighted by Gasteiger charge is -2.44. The number of piperazine rings is 2. The number of amides is 1. The Morgan fingerprint density at radius 3 is 1.31 bits per heavy atom. The summed E-state index contributed by atoms with van der Waals surface area (Å²) in [6, 6.07) is 3.29. The van der Waals surface area contributed by atoms with E-state index in [0.29, 0.717) is 47.5 Å². The summed E-state index contributed by atoms with van der Waals surface area (Å²) in [5.74, 6) is 0. The molecule has 3 unspecified atom stereocenters. The third-order valence-electron chi connectivity index (χ3n) is 15.6. The van der Waals surface area contributed by atoms with Crippen molar-refractivity contribution < 1.29 is 28.5 Å². The Bertz CT molecular complexity index is 1470. The summed E-state index contributed by atoms with van der Waals surface area (Å²) in [5.41, 5.74) is 0.731. The monoisotopic (exact) mass is 1110 g/mol. The van der Waals surface area contributed by atoms with Gasteiger partial charge in [-0.2, -0.15) is 0 Å². The van der Waals surface area contributed by atoms with Gasteiger partial charge in [-0.05, 0) is 199 Å². The number of nitrogens with zero attached hydrogens (tertiary/aromatic N) is 8. The Labute approximate surface area is 484 Å². The maximum absolute atomic E-state index is 11.9. The van der Waals surface area contributed by atoms with Crippen LogP contribution in [0.1, 0.15) is 192 Å². The van der Waals surface area contributed by atoms with Crippen molar-refractivity contribution in [2.45, 2.75) is 263 Å². The van der Waals surface area contributed by atoms with E-state index in [4.69, 9.17) is 23.7 Å². The van der Waals surface area contributed by atoms with Crippen LogP contribution in [-0.2, 0) is 23.7 Å². The predicted octanol–water partition coefficient (Wildman–Crippen LogP) is 10.2. The van der Waals surface area contributed by atoms with Gasteiger partial charge in [0.1, 0.15) is 5.60 Å². The molecule has 0 aromatic heterocycles. The lowest BCUT2D eigenvalue weighted by atomic mass is 10.0. The van der Waals surface area contributed by atoms with E-state index in [9.17, 15) is 4.79 Å². The van der Waals surface area contributed by atoms with Gasteiger partial charge in [0, 0.05) is 144 Å². The first kappa shape index (κ1) is 74.8. The molecule has 0 bridgehead atoms. The molecule has 466 valence electrons. The van der Waals surface area contributed by atoms with Crippen molar-refractivity contribution in [1.82, 2.24) is 44.5 Å². The summed E-state index contributed by atoms with van der Waals surface area (Å²) in [4.78, 5) is 31.0. The topological polar surface area (TPSA) is 101 Å². The van der Waals surface area contributed by atoms with Gasteiger partial charge >= 0.3 is 6.09 Å². The second-order valence-corrected chi connectivity index (χ2v) is 28.7. The second-order valence-electron chi connectivity index (χ2n) is 28.7. The summed E-state index contributed by atoms with van der Waals surface area (Å²) in [6.45, 7) is 77.5. The van der Waals surface area contributed by atoms with Gasteiger partial charge in [0.05, 0.1) is 51.8 Å². The van der Waals surface area contributed by atoms with Gasteiger partial charge in [-0.3, -0.25) is 34.3 Å². The molecule has 15 heteroatoms. The van der Waals surface area contributed by atoms with Crippen LogP contribution in [0, 0.1) is 0 Å². The first-order chi connectivity index (χ1) is 36.0. The van der Waals surface area contributed by atoms with Gasteiger partial charge in [0.25, 0.3) is 0 Å². The minimum absolute atomic E-state index is 0.181. The van der Waals surface area contributed by atoms with E-state index in [1.165, 1.54) is 45.4 Å². The highest BCUT2D eigenvalue weighted by Gasteiger charge is 2.33. The number of nitrogens with one attached hydrogen (secondary N) is 1. The van der Waals surface area contributed by atoms with Crippen LogP contribution in [0.25, 0.3) is 0 Å². The Morgan fingerprint density at radius 2 is 0.962 bits per heavy atom. The Morgan fingerprint density at radius 1 is 0.513 bits per heavy atom. The number of carbonyl (C=O) groups is 1. The molecule has 0 aromatic carbocycles. The number of rotatable bonds is 4. The van der Waals surface area contributed by atoms with Crippen LogP contribution in [0.5, 0.6) is 0 Å². The zero-order valence-corrected chi connectivity index (χ0v) is 56.2. The van der Waals surface area contributed by atoms with Crippen molar-refractivity contribution >= 4 is 6.09 Å². The van der Waals surface area contributed by atoms with Crippen LogP contribution in [0.3, 0.4) is 0 Å². The highest BCUT2D eigenvalue weighted by atomic mass is 16.6. The molecule has 7 saturated heterocycles. The van der Waals surface area contributed by atoms with E-state index in [2.05, 4.69) is 192 Å². The van der Waals surface area contributed by atoms with Gasteiger partial charge in [0.2, 0.25) is 0 Å². The van der Waals surface area contributed by atoms with Crippen molar-refractivity contribution in [1.29, 1.82) is 0 Å². The van der Waals surface area contributed by atoms with Crippen LogP contribution in [-0.4, -0.2) is 260 Å². The molecule has 78 heavy (non-hydrogen) atoms. The Balaban J connectivity index is 0.000000460. The fourth-order valence-electron chi connectivity index (χ4n) is 10.9. The summed E-state index contributed by atoms with van der Waals surface area (Å²) in [5, 5.41) is 3.33. The number of hydrogen-bond acceptors (Lipinski definition) is 14. The van der Waals surface area contributed by atoms with Gasteiger partial charge < -0.3 is 33.9 Å². The molecule has 7 aliphatic heterocycles. The fourth-order valence-corrected chi connectivity index (χ4v) is 10.9. The molecule has 0 radical (unpaired) electrons. The molecule has 1 N–H and O–H groups in total. The van der Waals surface area contributed by atoms with Crippen molar-refractivity contribution in [3.8, 4) is 0 Å². The van der Waals surface area contributed by atoms with Crippen molar-refractivity contribution in [3.05, 3.63) is 0 Å². The largest absolute Gasteiger partial charge is 0.444 e. The molecule has 0 spiro atoms. The number of piperidine rings is 1. The first-order valence-corrected chi connectivity index (χ1v) is 31.3. The molecule has 7 fully saturated rings. The van der Waals surface area contributed by atoms with Gasteiger partial charge in [-0.1, -0.05) is 6.42 Å². The highest BCUT2D eigenvalue weighted by Crippen LogP contribution is 2.22. The second kappa shape index (κ2) is 36.5. The van der Waals surface area contributed by atoms with Crippen molar-refractivity contribution in [3.63, 3.8) is 0 Å². The highest BCUT2D eigenvalue weighted by molar-refractivity contribution is 5.68. The Hall–Kier alpha value is -1.21. The molecule has 7 heterocycles. The maximum Gasteiger partial charge on any atom is 0.410 e. The van der Waals surface area contributed by atoms with Gasteiger partial charge in [0.15, 0.2) is 0 Å². The average Bonchev–Trinajstić information content (AvgIpc) is 3.34. The summed E-state index contributed by atoms with van der Waals surface area (Å²) >= 11 is 0. The van der Waals surface area contributed by atoms with Gasteiger partial charge in [-0.25, -0.2) is 4.79 Å². The molecule has 0 aliphatic carbocycles. The lowest BCUT2D eigenvalue weighted by molar-refractivity contribution is -0.0764. The zero-order valence-electron chi connectivity index (χ0n) is 56.2. The van der Waals surface area contributed by atoms with Crippen LogP contribution < -0.4 is 5.32 Å². The SMILES string of the molecule is CC(C)(C)N1CCCCC1.CC(C)(C)N1CCOCC1.CC(C)(C)OC(=O)N1CCN(C(C)(C)C)CC1.CC(C)N1CCNCC1.CC(C)N1CCOCC1(C)C.CC(C)N1CCOCC1C.CC1CN(C(C)C)CC(C)O1. The Kier molecular flexibility index (Phi) is 35.0. The standard InChI is InChI=1S/C13H26N2O2.2C9H19NO.C9H19N.2C8H17NO.C7H16N2/c1-12(2,3)15-9-7-14(8-10-15)11(16)17-13(4,5)6;1-7(2)10-5-8(3)11-9(4)6-10;1-8(2)10-5-6-11-7-9(10,3)4;1-9(2,3)10-7-5-4-6-8-10;1-8(2,3)9-4-6-10-7-5-9;1-7(2)9-4-5-10-6-8(9)3;1-7(2)9-5-3-8-4-6-9/h7-10H2,1-6H3;7-9H,5-6H2,1-4H3;8H,5-7H2,1-4H3;4-8H2,1-3H3;4-7H2,1-3H3;7-8H,4-6H2,1-3H3;7-8H,3-6H2,1-2H3. The van der Waals surface area contributed by atoms with Crippen molar-refractivity contribution in [2.24, 2.45) is 0 Å². The third kappa shape index (κ3) is 32.0. The third-order valence-corrected chi connectivity index (χ3v) is 15.6. The number of ether oxygens (including phenoxy) is 5. The van der Waals surface area contributed by atoms with E-state index in [-0.39, 0.29) is 17.2 Å². The number of likely N-dealkylation sites (tertiary alicyclic amines) is 1. The molecule has 15 nitrogen and oxygen atoms in total. The first-order valence-electron chi connectivity index (χ1n) is 31.3.